The molecule has 0 aromatic heterocycles. The van der Waals surface area contributed by atoms with Gasteiger partial charge in [-0.2, -0.15) is 0 Å². The molecule has 6 atom stereocenters. The molecule has 3 amide bonds. The van der Waals surface area contributed by atoms with E-state index in [-0.39, 0.29) is 36.8 Å². The largest absolute Gasteiger partial charge is 0.396 e. The fourth-order valence-corrected chi connectivity index (χ4v) is 8.63. The van der Waals surface area contributed by atoms with Crippen LogP contribution < -0.4 is 9.80 Å². The van der Waals surface area contributed by atoms with Crippen molar-refractivity contribution in [3.05, 3.63) is 85.5 Å². The van der Waals surface area contributed by atoms with E-state index in [0.29, 0.717) is 51.0 Å². The Morgan fingerprint density at radius 3 is 2.22 bits per heavy atom. The van der Waals surface area contributed by atoms with Gasteiger partial charge in [0.2, 0.25) is 11.8 Å². The molecule has 0 aliphatic carbocycles. The molecule has 0 saturated carbocycles. The molecule has 5 rings (SSSR count). The normalized spacial score (nSPS) is 26.8. The SMILES string of the molecule is C=CCN(Cc1ccccc1)C(=O)[C@@H]1[C@H]2C(=O)N(CCCCCO)C(C(=O)N(CC=C)c3ccc(N(CC)CC)cc3)C23CC(C)[C@@]1(C)O3. The Balaban J connectivity index is 1.55. The van der Waals surface area contributed by atoms with Crippen LogP contribution in [0.3, 0.4) is 0 Å². The molecule has 0 radical (unpaired) electrons. The summed E-state index contributed by atoms with van der Waals surface area (Å²) in [5.74, 6) is -2.21. The summed E-state index contributed by atoms with van der Waals surface area (Å²) in [5.41, 5.74) is 0.683. The maximum Gasteiger partial charge on any atom is 0.253 e. The second-order valence-electron chi connectivity index (χ2n) is 13.9. The second-order valence-corrected chi connectivity index (χ2v) is 13.9. The van der Waals surface area contributed by atoms with Gasteiger partial charge in [0.05, 0.1) is 17.4 Å². The zero-order valence-corrected chi connectivity index (χ0v) is 29.7. The number of nitrogens with zero attached hydrogens (tertiary/aromatic N) is 4. The molecule has 2 bridgehead atoms. The van der Waals surface area contributed by atoms with Crippen molar-refractivity contribution in [1.82, 2.24) is 9.80 Å². The number of carbonyl (C=O) groups is 3. The lowest BCUT2D eigenvalue weighted by Crippen LogP contribution is -2.57. The molecule has 49 heavy (non-hydrogen) atoms. The average Bonchev–Trinajstić information content (AvgIpc) is 3.62. The molecule has 1 N–H and O–H groups in total. The lowest BCUT2D eigenvalue weighted by molar-refractivity contribution is -0.151. The number of unbranched alkanes of at least 4 members (excludes halogenated alkanes) is 2. The van der Waals surface area contributed by atoms with Gasteiger partial charge in [-0.1, -0.05) is 49.4 Å². The van der Waals surface area contributed by atoms with Gasteiger partial charge in [-0.25, -0.2) is 0 Å². The number of benzene rings is 2. The molecule has 2 aromatic carbocycles. The third-order valence-corrected chi connectivity index (χ3v) is 11.1. The molecule has 3 saturated heterocycles. The Kier molecular flexibility index (Phi) is 11.3. The van der Waals surface area contributed by atoms with Crippen LogP contribution in [-0.4, -0.2) is 89.2 Å². The minimum absolute atomic E-state index is 0.0651. The summed E-state index contributed by atoms with van der Waals surface area (Å²) < 4.78 is 7.05. The van der Waals surface area contributed by atoms with E-state index in [0.717, 1.165) is 24.3 Å². The predicted molar refractivity (Wildman–Crippen MR) is 194 cm³/mol. The van der Waals surface area contributed by atoms with E-state index in [1.54, 1.807) is 26.9 Å². The fraction of sp³-hybridized carbons (Fsp3) is 0.525. The minimum atomic E-state index is -1.16. The van der Waals surface area contributed by atoms with Crippen LogP contribution >= 0.6 is 0 Å². The number of anilines is 2. The van der Waals surface area contributed by atoms with Gasteiger partial charge >= 0.3 is 0 Å². The first-order valence-corrected chi connectivity index (χ1v) is 17.9. The Morgan fingerprint density at radius 2 is 1.61 bits per heavy atom. The van der Waals surface area contributed by atoms with Crippen molar-refractivity contribution >= 4 is 29.1 Å². The van der Waals surface area contributed by atoms with Gasteiger partial charge in [0.1, 0.15) is 11.6 Å². The molecule has 264 valence electrons. The Hall–Kier alpha value is -3.95. The first kappa shape index (κ1) is 36.3. The Bertz CT molecular complexity index is 1490. The highest BCUT2D eigenvalue weighted by molar-refractivity contribution is 6.05. The topological polar surface area (TPSA) is 93.6 Å². The van der Waals surface area contributed by atoms with Crippen molar-refractivity contribution < 1.29 is 24.2 Å². The van der Waals surface area contributed by atoms with Gasteiger partial charge in [-0.05, 0) is 82.2 Å². The molecule has 1 spiro atoms. The van der Waals surface area contributed by atoms with Gasteiger partial charge < -0.3 is 29.4 Å². The van der Waals surface area contributed by atoms with E-state index >= 15 is 4.79 Å². The van der Waals surface area contributed by atoms with Gasteiger partial charge in [0.25, 0.3) is 5.91 Å². The molecule has 3 aliphatic heterocycles. The zero-order chi connectivity index (χ0) is 35.3. The number of aliphatic hydroxyl groups is 1. The van der Waals surface area contributed by atoms with Crippen molar-refractivity contribution in [2.24, 2.45) is 17.8 Å². The van der Waals surface area contributed by atoms with Crippen LogP contribution in [0.15, 0.2) is 79.9 Å². The minimum Gasteiger partial charge on any atom is -0.396 e. The predicted octanol–water partition coefficient (Wildman–Crippen LogP) is 5.44. The number of carbonyl (C=O) groups excluding carboxylic acids is 3. The second kappa shape index (κ2) is 15.3. The van der Waals surface area contributed by atoms with E-state index in [9.17, 15) is 14.7 Å². The number of hydrogen-bond acceptors (Lipinski definition) is 6. The van der Waals surface area contributed by atoms with Crippen molar-refractivity contribution in [3.63, 3.8) is 0 Å². The fourth-order valence-electron chi connectivity index (χ4n) is 8.63. The van der Waals surface area contributed by atoms with Crippen molar-refractivity contribution in [3.8, 4) is 0 Å². The summed E-state index contributed by atoms with van der Waals surface area (Å²) >= 11 is 0. The Labute approximate surface area is 292 Å². The zero-order valence-electron chi connectivity index (χ0n) is 29.7. The van der Waals surface area contributed by atoms with Crippen LogP contribution in [0.1, 0.15) is 58.9 Å². The number of fused-ring (bicyclic) bond motifs is 1. The van der Waals surface area contributed by atoms with Gasteiger partial charge in [0, 0.05) is 57.3 Å². The molecule has 2 aromatic rings. The quantitative estimate of drug-likeness (QED) is 0.178. The van der Waals surface area contributed by atoms with Crippen molar-refractivity contribution in [1.29, 1.82) is 0 Å². The highest BCUT2D eigenvalue weighted by Crippen LogP contribution is 2.65. The van der Waals surface area contributed by atoms with Crippen LogP contribution in [0.25, 0.3) is 0 Å². The van der Waals surface area contributed by atoms with Crippen LogP contribution in [0.2, 0.25) is 0 Å². The van der Waals surface area contributed by atoms with Crippen LogP contribution in [0, 0.1) is 17.8 Å². The summed E-state index contributed by atoms with van der Waals surface area (Å²) in [7, 11) is 0. The van der Waals surface area contributed by atoms with E-state index in [2.05, 4.69) is 38.8 Å². The highest BCUT2D eigenvalue weighted by Gasteiger charge is 2.80. The number of hydrogen-bond donors (Lipinski definition) is 1. The standard InChI is InChI=1S/C40H54N4O5/c1-7-23-42(28-30-17-13-11-14-18-30)36(46)33-34-37(47)44(25-15-12-16-26-45)35(40(34)27-29(5)39(33,6)49-40)38(48)43(24-8-2)32-21-19-31(20-22-32)41(9-3)10-4/h7-8,11,13-14,17-22,29,33-35,45H,1-2,9-10,12,15-16,23-28H2,3-6H3/t29?,33-,34-,35?,39+,40?/m0/s1. The summed E-state index contributed by atoms with van der Waals surface area (Å²) in [6.45, 7) is 19.2. The summed E-state index contributed by atoms with van der Waals surface area (Å²) in [5, 5.41) is 9.44. The van der Waals surface area contributed by atoms with Crippen molar-refractivity contribution in [2.75, 3.05) is 49.1 Å². The van der Waals surface area contributed by atoms with Gasteiger partial charge in [-0.3, -0.25) is 14.4 Å². The number of amides is 3. The van der Waals surface area contributed by atoms with E-state index in [1.165, 1.54) is 0 Å². The third-order valence-electron chi connectivity index (χ3n) is 11.1. The molecule has 3 unspecified atom stereocenters. The first-order valence-electron chi connectivity index (χ1n) is 17.9. The molecule has 9 nitrogen and oxygen atoms in total. The summed E-state index contributed by atoms with van der Waals surface area (Å²) in [6, 6.07) is 16.8. The van der Waals surface area contributed by atoms with Crippen LogP contribution in [0.5, 0.6) is 0 Å². The third kappa shape index (κ3) is 6.55. The molecule has 9 heteroatoms. The van der Waals surface area contributed by atoms with Crippen molar-refractivity contribution in [2.45, 2.75) is 77.2 Å². The number of likely N-dealkylation sites (tertiary alicyclic amines) is 1. The highest BCUT2D eigenvalue weighted by atomic mass is 16.5. The molecule has 3 aliphatic rings. The maximum absolute atomic E-state index is 15.0. The monoisotopic (exact) mass is 670 g/mol. The molecular formula is C40H54N4O5. The number of aliphatic hydroxyl groups excluding tert-OH is 1. The molecule has 3 heterocycles. The lowest BCUT2D eigenvalue weighted by atomic mass is 9.62. The average molecular weight is 671 g/mol. The summed E-state index contributed by atoms with van der Waals surface area (Å²) in [6.07, 6.45) is 5.86. The van der Waals surface area contributed by atoms with Gasteiger partial charge in [-0.15, -0.1) is 13.2 Å². The Morgan fingerprint density at radius 1 is 0.959 bits per heavy atom. The van der Waals surface area contributed by atoms with E-state index in [4.69, 9.17) is 4.74 Å². The van der Waals surface area contributed by atoms with Crippen LogP contribution in [0.4, 0.5) is 11.4 Å². The molecule has 3 fully saturated rings. The lowest BCUT2D eigenvalue weighted by Gasteiger charge is -2.39. The number of rotatable bonds is 17. The van der Waals surface area contributed by atoms with Crippen LogP contribution in [-0.2, 0) is 25.7 Å². The maximum atomic E-state index is 15.0. The molecular weight excluding hydrogens is 616 g/mol. The smallest absolute Gasteiger partial charge is 0.253 e. The van der Waals surface area contributed by atoms with E-state index in [1.807, 2.05) is 61.5 Å². The first-order chi connectivity index (χ1) is 23.6. The van der Waals surface area contributed by atoms with Gasteiger partial charge in [0.15, 0.2) is 0 Å². The summed E-state index contributed by atoms with van der Waals surface area (Å²) in [4.78, 5) is 51.9. The van der Waals surface area contributed by atoms with E-state index < -0.39 is 29.1 Å². The number of ether oxygens (including phenoxy) is 1.